The molecule has 1 spiro atoms. The van der Waals surface area contributed by atoms with E-state index in [4.69, 9.17) is 0 Å². The minimum atomic E-state index is -0.167. The first-order chi connectivity index (χ1) is 7.43. The summed E-state index contributed by atoms with van der Waals surface area (Å²) >= 11 is 0. The van der Waals surface area contributed by atoms with E-state index in [2.05, 4.69) is 31.5 Å². The first-order valence-electron chi connectivity index (χ1n) is 6.33. The molecule has 1 saturated heterocycles. The Bertz CT molecular complexity index is 274. The number of nitrogens with one attached hydrogen (secondary N) is 2. The predicted molar refractivity (Wildman–Crippen MR) is 63.7 cm³/mol. The molecule has 1 aliphatic heterocycles. The van der Waals surface area contributed by atoms with Crippen LogP contribution in [0.2, 0.25) is 0 Å². The maximum absolute atomic E-state index is 12.0. The average molecular weight is 225 g/mol. The Morgan fingerprint density at radius 1 is 1.12 bits per heavy atom. The molecule has 2 fully saturated rings. The van der Waals surface area contributed by atoms with Gasteiger partial charge in [0.1, 0.15) is 5.66 Å². The van der Waals surface area contributed by atoms with E-state index in [1.165, 1.54) is 25.7 Å². The van der Waals surface area contributed by atoms with Crippen molar-refractivity contribution in [1.82, 2.24) is 15.8 Å². The van der Waals surface area contributed by atoms with Crippen molar-refractivity contribution < 1.29 is 4.79 Å². The third-order valence-corrected chi connectivity index (χ3v) is 3.50. The van der Waals surface area contributed by atoms with E-state index < -0.39 is 0 Å². The number of hydrogen-bond acceptors (Lipinski definition) is 2. The molecule has 1 saturated carbocycles. The third-order valence-electron chi connectivity index (χ3n) is 3.50. The zero-order chi connectivity index (χ0) is 11.8. The van der Waals surface area contributed by atoms with Crippen LogP contribution in [0.1, 0.15) is 59.3 Å². The van der Waals surface area contributed by atoms with Crippen molar-refractivity contribution in [3.05, 3.63) is 0 Å². The van der Waals surface area contributed by atoms with Crippen molar-refractivity contribution in [2.75, 3.05) is 0 Å². The van der Waals surface area contributed by atoms with E-state index in [-0.39, 0.29) is 17.2 Å². The molecule has 4 heteroatoms. The van der Waals surface area contributed by atoms with Crippen molar-refractivity contribution in [2.24, 2.45) is 0 Å². The van der Waals surface area contributed by atoms with Crippen LogP contribution in [0, 0.1) is 0 Å². The fourth-order valence-corrected chi connectivity index (χ4v) is 2.59. The molecule has 0 aromatic carbocycles. The number of amides is 2. The van der Waals surface area contributed by atoms with E-state index in [1.54, 1.807) is 5.01 Å². The van der Waals surface area contributed by atoms with Gasteiger partial charge in [-0.15, -0.1) is 0 Å². The molecule has 16 heavy (non-hydrogen) atoms. The lowest BCUT2D eigenvalue weighted by atomic mass is 10.0. The molecule has 92 valence electrons. The summed E-state index contributed by atoms with van der Waals surface area (Å²) in [6.45, 7) is 6.15. The van der Waals surface area contributed by atoms with Crippen LogP contribution < -0.4 is 10.7 Å². The Hall–Kier alpha value is -0.770. The quantitative estimate of drug-likeness (QED) is 0.664. The SMILES string of the molecule is CC(C)(C)N1NC2(CCCCCC2)NC1=O. The first-order valence-corrected chi connectivity index (χ1v) is 6.33. The lowest BCUT2D eigenvalue weighted by Crippen LogP contribution is -2.54. The fourth-order valence-electron chi connectivity index (χ4n) is 2.59. The Labute approximate surface area is 97.7 Å². The van der Waals surface area contributed by atoms with Crippen LogP contribution in [-0.2, 0) is 0 Å². The van der Waals surface area contributed by atoms with Gasteiger partial charge in [-0.1, -0.05) is 12.8 Å². The second kappa shape index (κ2) is 3.91. The van der Waals surface area contributed by atoms with Crippen LogP contribution in [0.4, 0.5) is 4.79 Å². The normalized spacial score (nSPS) is 25.7. The van der Waals surface area contributed by atoms with E-state index in [0.717, 1.165) is 12.8 Å². The number of hydrazine groups is 1. The fraction of sp³-hybridized carbons (Fsp3) is 0.917. The Kier molecular flexibility index (Phi) is 2.86. The van der Waals surface area contributed by atoms with Crippen molar-refractivity contribution in [3.63, 3.8) is 0 Å². The second-order valence-corrected chi connectivity index (χ2v) is 6.04. The van der Waals surface area contributed by atoms with Gasteiger partial charge in [-0.25, -0.2) is 10.2 Å². The van der Waals surface area contributed by atoms with Crippen LogP contribution in [0.3, 0.4) is 0 Å². The Morgan fingerprint density at radius 2 is 1.69 bits per heavy atom. The number of carbonyl (C=O) groups excluding carboxylic acids is 1. The molecule has 0 bridgehead atoms. The van der Waals surface area contributed by atoms with Gasteiger partial charge in [0.15, 0.2) is 0 Å². The number of hydrogen-bond donors (Lipinski definition) is 2. The second-order valence-electron chi connectivity index (χ2n) is 6.04. The van der Waals surface area contributed by atoms with Gasteiger partial charge in [0, 0.05) is 0 Å². The molecule has 0 aromatic rings. The van der Waals surface area contributed by atoms with Crippen LogP contribution in [-0.4, -0.2) is 22.2 Å². The van der Waals surface area contributed by atoms with Gasteiger partial charge in [0.25, 0.3) is 0 Å². The molecule has 2 aliphatic rings. The van der Waals surface area contributed by atoms with Crippen LogP contribution in [0.15, 0.2) is 0 Å². The molecule has 1 aliphatic carbocycles. The van der Waals surface area contributed by atoms with Crippen LogP contribution >= 0.6 is 0 Å². The Morgan fingerprint density at radius 3 is 2.12 bits per heavy atom. The monoisotopic (exact) mass is 225 g/mol. The molecule has 0 atom stereocenters. The Balaban J connectivity index is 2.12. The highest BCUT2D eigenvalue weighted by atomic mass is 16.2. The summed E-state index contributed by atoms with van der Waals surface area (Å²) in [4.78, 5) is 12.0. The molecule has 2 N–H and O–H groups in total. The maximum Gasteiger partial charge on any atom is 0.333 e. The molecule has 0 aromatic heterocycles. The predicted octanol–water partition coefficient (Wildman–Crippen LogP) is 2.37. The molecule has 2 amide bonds. The van der Waals surface area contributed by atoms with Crippen LogP contribution in [0.5, 0.6) is 0 Å². The summed E-state index contributed by atoms with van der Waals surface area (Å²) in [6, 6.07) is 0.0226. The van der Waals surface area contributed by atoms with E-state index in [1.807, 2.05) is 0 Å². The van der Waals surface area contributed by atoms with Gasteiger partial charge in [-0.3, -0.25) is 5.01 Å². The molecule has 0 unspecified atom stereocenters. The highest BCUT2D eigenvalue weighted by molar-refractivity contribution is 5.77. The van der Waals surface area contributed by atoms with E-state index in [0.29, 0.717) is 0 Å². The standard InChI is InChI=1S/C12H23N3O/c1-11(2,3)15-10(16)13-12(14-15)8-6-4-5-7-9-12/h14H,4-9H2,1-3H3,(H,13,16). The number of carbonyl (C=O) groups is 1. The number of rotatable bonds is 0. The molecular weight excluding hydrogens is 202 g/mol. The van der Waals surface area contributed by atoms with Crippen molar-refractivity contribution >= 4 is 6.03 Å². The van der Waals surface area contributed by atoms with Crippen molar-refractivity contribution in [1.29, 1.82) is 0 Å². The van der Waals surface area contributed by atoms with Gasteiger partial charge < -0.3 is 5.32 Å². The lowest BCUT2D eigenvalue weighted by Gasteiger charge is -2.34. The molecular formula is C12H23N3O. The van der Waals surface area contributed by atoms with Gasteiger partial charge in [-0.05, 0) is 46.5 Å². The molecule has 4 nitrogen and oxygen atoms in total. The first kappa shape index (κ1) is 11.7. The minimum Gasteiger partial charge on any atom is -0.317 e. The molecule has 2 rings (SSSR count). The van der Waals surface area contributed by atoms with Gasteiger partial charge >= 0.3 is 6.03 Å². The van der Waals surface area contributed by atoms with Crippen molar-refractivity contribution in [3.8, 4) is 0 Å². The highest BCUT2D eigenvalue weighted by Gasteiger charge is 2.45. The van der Waals surface area contributed by atoms with Gasteiger partial charge in [0.05, 0.1) is 5.54 Å². The van der Waals surface area contributed by atoms with Gasteiger partial charge in [0.2, 0.25) is 0 Å². The average Bonchev–Trinajstić information content (AvgIpc) is 2.36. The van der Waals surface area contributed by atoms with E-state index in [9.17, 15) is 4.79 Å². The molecule has 1 heterocycles. The maximum atomic E-state index is 12.0. The summed E-state index contributed by atoms with van der Waals surface area (Å²) in [5, 5.41) is 4.89. The van der Waals surface area contributed by atoms with E-state index >= 15 is 0 Å². The summed E-state index contributed by atoms with van der Waals surface area (Å²) in [5.41, 5.74) is 3.08. The summed E-state index contributed by atoms with van der Waals surface area (Å²) < 4.78 is 0. The van der Waals surface area contributed by atoms with Crippen molar-refractivity contribution in [2.45, 2.75) is 70.5 Å². The highest BCUT2D eigenvalue weighted by Crippen LogP contribution is 2.30. The number of urea groups is 1. The summed E-state index contributed by atoms with van der Waals surface area (Å²) in [6.07, 6.45) is 7.07. The zero-order valence-electron chi connectivity index (χ0n) is 10.6. The molecule has 0 radical (unpaired) electrons. The topological polar surface area (TPSA) is 44.4 Å². The largest absolute Gasteiger partial charge is 0.333 e. The minimum absolute atomic E-state index is 0.0226. The number of nitrogens with zero attached hydrogens (tertiary/aromatic N) is 1. The third kappa shape index (κ3) is 2.17. The van der Waals surface area contributed by atoms with Crippen LogP contribution in [0.25, 0.3) is 0 Å². The lowest BCUT2D eigenvalue weighted by molar-refractivity contribution is 0.0991. The smallest absolute Gasteiger partial charge is 0.317 e. The summed E-state index contributed by atoms with van der Waals surface area (Å²) in [5.74, 6) is 0. The summed E-state index contributed by atoms with van der Waals surface area (Å²) in [7, 11) is 0. The van der Waals surface area contributed by atoms with Gasteiger partial charge in [-0.2, -0.15) is 0 Å². The zero-order valence-corrected chi connectivity index (χ0v) is 10.6.